The van der Waals surface area contributed by atoms with Crippen LogP contribution in [0, 0.1) is 0 Å². The first kappa shape index (κ1) is 19.2. The summed E-state index contributed by atoms with van der Waals surface area (Å²) in [5.74, 6) is -0.645. The molecular weight excluding hydrogens is 386 g/mol. The zero-order valence-electron chi connectivity index (χ0n) is 14.6. The zero-order chi connectivity index (χ0) is 19.4. The molecule has 0 unspecified atom stereocenters. The third kappa shape index (κ3) is 4.78. The van der Waals surface area contributed by atoms with Crippen LogP contribution in [0.15, 0.2) is 66.7 Å². The summed E-state index contributed by atoms with van der Waals surface area (Å²) < 4.78 is 30.5. The van der Waals surface area contributed by atoms with Crippen molar-refractivity contribution in [3.8, 4) is 0 Å². The first-order valence-electron chi connectivity index (χ1n) is 8.20. The topological polar surface area (TPSA) is 63.7 Å². The molecule has 0 aliphatic carbocycles. The number of ether oxygens (including phenoxy) is 1. The fourth-order valence-corrected chi connectivity index (χ4v) is 3.79. The number of carbonyl (C=O) groups is 1. The minimum atomic E-state index is -3.67. The Bertz CT molecular complexity index is 1080. The summed E-state index contributed by atoms with van der Waals surface area (Å²) in [7, 11) is -3.67. The van der Waals surface area contributed by atoms with Gasteiger partial charge in [0.05, 0.1) is 11.9 Å². The largest absolute Gasteiger partial charge is 0.459 e. The number of sulfonamides is 1. The van der Waals surface area contributed by atoms with Gasteiger partial charge in [0.25, 0.3) is 0 Å². The van der Waals surface area contributed by atoms with Gasteiger partial charge >= 0.3 is 5.97 Å². The van der Waals surface area contributed by atoms with E-state index in [1.54, 1.807) is 18.2 Å². The molecule has 0 atom stereocenters. The number of nitrogens with zero attached hydrogens (tertiary/aromatic N) is 1. The number of benzene rings is 3. The van der Waals surface area contributed by atoms with E-state index in [0.29, 0.717) is 10.7 Å². The van der Waals surface area contributed by atoms with Crippen LogP contribution in [-0.4, -0.2) is 27.2 Å². The normalized spacial score (nSPS) is 11.3. The molecule has 0 saturated heterocycles. The van der Waals surface area contributed by atoms with Crippen molar-refractivity contribution in [2.75, 3.05) is 17.1 Å². The maximum Gasteiger partial charge on any atom is 0.327 e. The van der Waals surface area contributed by atoms with Crippen molar-refractivity contribution in [1.82, 2.24) is 0 Å². The molecule has 0 N–H and O–H groups in total. The number of halogens is 1. The Hall–Kier alpha value is -2.57. The van der Waals surface area contributed by atoms with Crippen LogP contribution in [0.5, 0.6) is 0 Å². The monoisotopic (exact) mass is 403 g/mol. The van der Waals surface area contributed by atoms with E-state index in [0.717, 1.165) is 26.9 Å². The van der Waals surface area contributed by atoms with Gasteiger partial charge in [0.2, 0.25) is 10.0 Å². The first-order chi connectivity index (χ1) is 12.8. The van der Waals surface area contributed by atoms with Gasteiger partial charge in [-0.15, -0.1) is 0 Å². The average Bonchev–Trinajstić information content (AvgIpc) is 2.63. The molecule has 27 heavy (non-hydrogen) atoms. The average molecular weight is 404 g/mol. The highest BCUT2D eigenvalue weighted by atomic mass is 35.5. The second-order valence-electron chi connectivity index (χ2n) is 6.05. The van der Waals surface area contributed by atoms with Crippen LogP contribution in [0.3, 0.4) is 0 Å². The molecule has 0 fully saturated rings. The predicted octanol–water partition coefficient (Wildman–Crippen LogP) is 4.00. The Balaban J connectivity index is 1.75. The van der Waals surface area contributed by atoms with E-state index in [1.807, 2.05) is 42.5 Å². The summed E-state index contributed by atoms with van der Waals surface area (Å²) in [4.78, 5) is 12.3. The van der Waals surface area contributed by atoms with Gasteiger partial charge in [0.15, 0.2) is 0 Å². The zero-order valence-corrected chi connectivity index (χ0v) is 16.2. The summed E-state index contributed by atoms with van der Waals surface area (Å²) in [6, 6.07) is 19.8. The second kappa shape index (κ2) is 7.98. The number of anilines is 1. The van der Waals surface area contributed by atoms with Gasteiger partial charge in [-0.05, 0) is 34.5 Å². The lowest BCUT2D eigenvalue weighted by Gasteiger charge is -2.21. The molecule has 0 spiro atoms. The van der Waals surface area contributed by atoms with Crippen LogP contribution in [0.4, 0.5) is 5.69 Å². The molecule has 5 nitrogen and oxygen atoms in total. The number of fused-ring (bicyclic) bond motifs is 1. The molecule has 0 saturated carbocycles. The van der Waals surface area contributed by atoms with Gasteiger partial charge in [-0.25, -0.2) is 8.42 Å². The van der Waals surface area contributed by atoms with Crippen LogP contribution < -0.4 is 4.31 Å². The Morgan fingerprint density at radius 3 is 2.48 bits per heavy atom. The van der Waals surface area contributed by atoms with Gasteiger partial charge in [0, 0.05) is 5.02 Å². The summed E-state index contributed by atoms with van der Waals surface area (Å²) in [6.45, 7) is -0.364. The van der Waals surface area contributed by atoms with Crippen molar-refractivity contribution in [2.45, 2.75) is 6.61 Å². The second-order valence-corrected chi connectivity index (χ2v) is 8.39. The summed E-state index contributed by atoms with van der Waals surface area (Å²) in [5.41, 5.74) is 1.17. The highest BCUT2D eigenvalue weighted by Crippen LogP contribution is 2.22. The van der Waals surface area contributed by atoms with Crippen molar-refractivity contribution >= 4 is 44.1 Å². The molecule has 7 heteroatoms. The standard InChI is InChI=1S/C20H18ClNO4S/c1-27(24,25)22(18-10-5-9-17(21)12-18)13-20(23)26-14-16-8-4-7-15-6-2-3-11-19(15)16/h2-12H,13-14H2,1H3. The Labute approximate surface area is 163 Å². The number of esters is 1. The van der Waals surface area contributed by atoms with Crippen LogP contribution in [0.1, 0.15) is 5.56 Å². The minimum absolute atomic E-state index is 0.0628. The molecule has 0 aliphatic heterocycles. The lowest BCUT2D eigenvalue weighted by molar-refractivity contribution is -0.143. The summed E-state index contributed by atoms with van der Waals surface area (Å²) in [6.07, 6.45) is 1.03. The molecule has 0 bridgehead atoms. The molecule has 0 heterocycles. The van der Waals surface area contributed by atoms with Gasteiger partial charge < -0.3 is 4.74 Å². The molecule has 0 aromatic heterocycles. The van der Waals surface area contributed by atoms with Gasteiger partial charge in [-0.2, -0.15) is 0 Å². The highest BCUT2D eigenvalue weighted by Gasteiger charge is 2.22. The van der Waals surface area contributed by atoms with E-state index in [1.165, 1.54) is 6.07 Å². The Morgan fingerprint density at radius 1 is 1.04 bits per heavy atom. The first-order valence-corrected chi connectivity index (χ1v) is 10.4. The van der Waals surface area contributed by atoms with Crippen LogP contribution in [0.2, 0.25) is 5.02 Å². The van der Waals surface area contributed by atoms with Crippen molar-refractivity contribution in [3.05, 3.63) is 77.3 Å². The summed E-state index contributed by atoms with van der Waals surface area (Å²) in [5, 5.41) is 2.41. The highest BCUT2D eigenvalue weighted by molar-refractivity contribution is 7.92. The van der Waals surface area contributed by atoms with Gasteiger partial charge in [-0.3, -0.25) is 9.10 Å². The number of hydrogen-bond donors (Lipinski definition) is 0. The van der Waals surface area contributed by atoms with E-state index >= 15 is 0 Å². The van der Waals surface area contributed by atoms with Crippen LogP contribution in [0.25, 0.3) is 10.8 Å². The van der Waals surface area contributed by atoms with Gasteiger partial charge in [-0.1, -0.05) is 60.1 Å². The lowest BCUT2D eigenvalue weighted by atomic mass is 10.1. The van der Waals surface area contributed by atoms with Gasteiger partial charge in [0.1, 0.15) is 13.2 Å². The fourth-order valence-electron chi connectivity index (χ4n) is 2.77. The molecular formula is C20H18ClNO4S. The van der Waals surface area contributed by atoms with Crippen molar-refractivity contribution in [1.29, 1.82) is 0 Å². The van der Waals surface area contributed by atoms with E-state index in [-0.39, 0.29) is 6.61 Å². The number of carbonyl (C=O) groups excluding carboxylic acids is 1. The molecule has 3 aromatic carbocycles. The molecule has 0 amide bonds. The van der Waals surface area contributed by atoms with E-state index in [2.05, 4.69) is 0 Å². The Morgan fingerprint density at radius 2 is 1.74 bits per heavy atom. The van der Waals surface area contributed by atoms with Crippen molar-refractivity contribution < 1.29 is 17.9 Å². The van der Waals surface area contributed by atoms with E-state index in [9.17, 15) is 13.2 Å². The number of rotatable bonds is 6. The molecule has 3 rings (SSSR count). The molecule has 0 radical (unpaired) electrons. The molecule has 0 aliphatic rings. The summed E-state index contributed by atoms with van der Waals surface area (Å²) >= 11 is 5.93. The smallest absolute Gasteiger partial charge is 0.327 e. The van der Waals surface area contributed by atoms with Crippen LogP contribution >= 0.6 is 11.6 Å². The van der Waals surface area contributed by atoms with E-state index < -0.39 is 22.5 Å². The molecule has 3 aromatic rings. The van der Waals surface area contributed by atoms with E-state index in [4.69, 9.17) is 16.3 Å². The van der Waals surface area contributed by atoms with Crippen molar-refractivity contribution in [2.24, 2.45) is 0 Å². The van der Waals surface area contributed by atoms with Crippen LogP contribution in [-0.2, 0) is 26.2 Å². The minimum Gasteiger partial charge on any atom is -0.459 e. The fraction of sp³-hybridized carbons (Fsp3) is 0.150. The quantitative estimate of drug-likeness (QED) is 0.583. The SMILES string of the molecule is CS(=O)(=O)N(CC(=O)OCc1cccc2ccccc12)c1cccc(Cl)c1. The molecule has 140 valence electrons. The third-order valence-corrected chi connectivity index (χ3v) is 5.41. The number of hydrogen-bond acceptors (Lipinski definition) is 4. The Kier molecular flexibility index (Phi) is 5.68. The maximum atomic E-state index is 12.3. The maximum absolute atomic E-state index is 12.3. The predicted molar refractivity (Wildman–Crippen MR) is 107 cm³/mol. The lowest BCUT2D eigenvalue weighted by Crippen LogP contribution is -2.35. The third-order valence-electron chi connectivity index (χ3n) is 4.04. The van der Waals surface area contributed by atoms with Crippen molar-refractivity contribution in [3.63, 3.8) is 0 Å².